The van der Waals surface area contributed by atoms with Crippen molar-refractivity contribution in [1.82, 2.24) is 9.55 Å². The minimum Gasteiger partial charge on any atom is -0.457 e. The highest BCUT2D eigenvalue weighted by molar-refractivity contribution is 6.09. The Bertz CT molecular complexity index is 4070. The van der Waals surface area contributed by atoms with Crippen LogP contribution in [0, 0.1) is 0 Å². The summed E-state index contributed by atoms with van der Waals surface area (Å²) in [7, 11) is 0. The predicted molar refractivity (Wildman–Crippen MR) is 314 cm³/mol. The number of nitrogens with zero attached hydrogens (tertiary/aromatic N) is 4. The van der Waals surface area contributed by atoms with Crippen LogP contribution in [0.1, 0.15) is 48.6 Å². The molecular formula is C71H54N4O. The number of hydrogen-bond donors (Lipinski definition) is 0. The minimum atomic E-state index is -0.553. The summed E-state index contributed by atoms with van der Waals surface area (Å²) in [5.41, 5.74) is 19.5. The fraction of sp³-hybridized carbons (Fsp3) is 0.0845. The van der Waals surface area contributed by atoms with Gasteiger partial charge in [-0.3, -0.25) is 4.57 Å². The molecule has 364 valence electrons. The van der Waals surface area contributed by atoms with Crippen LogP contribution in [0.2, 0.25) is 0 Å². The Morgan fingerprint density at radius 3 is 1.67 bits per heavy atom. The quantitative estimate of drug-likeness (QED) is 0.144. The van der Waals surface area contributed by atoms with Crippen LogP contribution >= 0.6 is 0 Å². The number of anilines is 4. The normalized spacial score (nSPS) is 13.5. The number of para-hydroxylation sites is 3. The number of aromatic nitrogens is 2. The second kappa shape index (κ2) is 17.9. The zero-order chi connectivity index (χ0) is 51.0. The van der Waals surface area contributed by atoms with E-state index >= 15 is 0 Å². The number of rotatable bonds is 9. The number of ether oxygens (including phenoxy) is 1. The molecule has 3 heterocycles. The third kappa shape index (κ3) is 7.26. The van der Waals surface area contributed by atoms with Crippen molar-refractivity contribution in [3.05, 3.63) is 289 Å². The van der Waals surface area contributed by atoms with Crippen molar-refractivity contribution in [3.8, 4) is 50.7 Å². The van der Waals surface area contributed by atoms with Gasteiger partial charge in [-0.05, 0) is 122 Å². The van der Waals surface area contributed by atoms with E-state index in [1.54, 1.807) is 0 Å². The zero-order valence-corrected chi connectivity index (χ0v) is 42.7. The molecule has 12 aromatic rings. The molecule has 0 saturated carbocycles. The molecule has 2 aliphatic rings. The molecule has 5 nitrogen and oxygen atoms in total. The van der Waals surface area contributed by atoms with E-state index in [-0.39, 0.29) is 5.41 Å². The lowest BCUT2D eigenvalue weighted by Crippen LogP contribution is -2.28. The number of hydrogen-bond acceptors (Lipinski definition) is 4. The first kappa shape index (κ1) is 45.2. The summed E-state index contributed by atoms with van der Waals surface area (Å²) in [6.07, 6.45) is 1.98. The van der Waals surface area contributed by atoms with Gasteiger partial charge in [-0.25, -0.2) is 4.98 Å². The largest absolute Gasteiger partial charge is 0.457 e. The molecule has 0 N–H and O–H groups in total. The lowest BCUT2D eigenvalue weighted by atomic mass is 9.68. The molecule has 0 amide bonds. The number of fused-ring (bicyclic) bond motifs is 7. The van der Waals surface area contributed by atoms with Gasteiger partial charge in [0.25, 0.3) is 0 Å². The van der Waals surface area contributed by atoms with Gasteiger partial charge in [-0.1, -0.05) is 197 Å². The van der Waals surface area contributed by atoms with E-state index in [2.05, 4.69) is 290 Å². The van der Waals surface area contributed by atoms with Gasteiger partial charge >= 0.3 is 0 Å². The molecule has 1 aliphatic heterocycles. The SMILES string of the molecule is CC(C)(C)c1cc(-c2ccccc2)c(N2CN(c3cccc(Oc4ccc5c6ccccc6n(-c6cc(C7(c8ccccc8)c8ccccc8-c8ccccc87)ccn6)c5c4)c3)c3ccccc32)c(-c2ccccc2)c1. The summed E-state index contributed by atoms with van der Waals surface area (Å²) in [6, 6.07) is 92.2. The third-order valence-corrected chi connectivity index (χ3v) is 15.7. The molecule has 0 spiro atoms. The van der Waals surface area contributed by atoms with Crippen molar-refractivity contribution in [2.24, 2.45) is 0 Å². The third-order valence-electron chi connectivity index (χ3n) is 15.7. The van der Waals surface area contributed by atoms with Crippen molar-refractivity contribution in [1.29, 1.82) is 0 Å². The molecule has 0 unspecified atom stereocenters. The summed E-state index contributed by atoms with van der Waals surface area (Å²) < 4.78 is 9.26. The molecule has 0 fully saturated rings. The van der Waals surface area contributed by atoms with Gasteiger partial charge in [-0.2, -0.15) is 0 Å². The molecule has 0 bridgehead atoms. The van der Waals surface area contributed by atoms with E-state index in [1.165, 1.54) is 61.3 Å². The van der Waals surface area contributed by atoms with Gasteiger partial charge in [0.2, 0.25) is 0 Å². The Kier molecular flexibility index (Phi) is 10.6. The average Bonchev–Trinajstić information content (AvgIpc) is 4.16. The van der Waals surface area contributed by atoms with Crippen molar-refractivity contribution in [2.75, 3.05) is 16.5 Å². The highest BCUT2D eigenvalue weighted by atomic mass is 16.5. The van der Waals surface area contributed by atoms with E-state index in [1.807, 2.05) is 6.20 Å². The van der Waals surface area contributed by atoms with Crippen molar-refractivity contribution < 1.29 is 4.74 Å². The van der Waals surface area contributed by atoms with Crippen molar-refractivity contribution in [3.63, 3.8) is 0 Å². The van der Waals surface area contributed by atoms with Gasteiger partial charge in [0.1, 0.15) is 24.0 Å². The zero-order valence-electron chi connectivity index (χ0n) is 42.7. The second-order valence-corrected chi connectivity index (χ2v) is 21.1. The van der Waals surface area contributed by atoms with Crippen LogP contribution in [0.25, 0.3) is 61.0 Å². The van der Waals surface area contributed by atoms with Crippen LogP contribution in [0.4, 0.5) is 22.7 Å². The number of benzene rings is 10. The molecule has 1 aliphatic carbocycles. The monoisotopic (exact) mass is 978 g/mol. The van der Waals surface area contributed by atoms with Crippen molar-refractivity contribution >= 4 is 44.6 Å². The topological polar surface area (TPSA) is 33.5 Å². The lowest BCUT2D eigenvalue weighted by Gasteiger charge is -2.34. The Balaban J connectivity index is 0.858. The molecular weight excluding hydrogens is 925 g/mol. The van der Waals surface area contributed by atoms with Crippen LogP contribution in [0.15, 0.2) is 261 Å². The molecule has 0 saturated heterocycles. The minimum absolute atomic E-state index is 0.0634. The summed E-state index contributed by atoms with van der Waals surface area (Å²) >= 11 is 0. The summed E-state index contributed by atoms with van der Waals surface area (Å²) in [4.78, 5) is 10.1. The van der Waals surface area contributed by atoms with Gasteiger partial charge in [0.15, 0.2) is 0 Å². The van der Waals surface area contributed by atoms with E-state index in [0.717, 1.165) is 61.7 Å². The van der Waals surface area contributed by atoms with E-state index in [4.69, 9.17) is 9.72 Å². The number of pyridine rings is 1. The Labute approximate surface area is 444 Å². The first-order chi connectivity index (χ1) is 37.3. The predicted octanol–water partition coefficient (Wildman–Crippen LogP) is 18.2. The molecule has 76 heavy (non-hydrogen) atoms. The van der Waals surface area contributed by atoms with Crippen LogP contribution in [-0.4, -0.2) is 16.2 Å². The smallest absolute Gasteiger partial charge is 0.137 e. The van der Waals surface area contributed by atoms with E-state index in [9.17, 15) is 0 Å². The molecule has 10 aromatic carbocycles. The summed E-state index contributed by atoms with van der Waals surface area (Å²) in [6.45, 7) is 7.52. The van der Waals surface area contributed by atoms with Crippen LogP contribution in [-0.2, 0) is 10.8 Å². The second-order valence-electron chi connectivity index (χ2n) is 21.1. The lowest BCUT2D eigenvalue weighted by molar-refractivity contribution is 0.483. The molecule has 14 rings (SSSR count). The summed E-state index contributed by atoms with van der Waals surface area (Å²) in [5, 5.41) is 2.29. The van der Waals surface area contributed by atoms with E-state index < -0.39 is 5.41 Å². The van der Waals surface area contributed by atoms with Crippen LogP contribution < -0.4 is 14.5 Å². The molecule has 0 atom stereocenters. The van der Waals surface area contributed by atoms with Gasteiger partial charge in [-0.15, -0.1) is 0 Å². The fourth-order valence-corrected chi connectivity index (χ4v) is 12.3. The van der Waals surface area contributed by atoms with Crippen molar-refractivity contribution in [2.45, 2.75) is 31.6 Å². The molecule has 5 heteroatoms. The maximum atomic E-state index is 6.95. The Morgan fingerprint density at radius 2 is 1.00 bits per heavy atom. The maximum Gasteiger partial charge on any atom is 0.137 e. The Morgan fingerprint density at radius 1 is 0.434 bits per heavy atom. The molecule has 2 aromatic heterocycles. The van der Waals surface area contributed by atoms with Gasteiger partial charge in [0, 0.05) is 45.9 Å². The van der Waals surface area contributed by atoms with E-state index in [0.29, 0.717) is 6.67 Å². The summed E-state index contributed by atoms with van der Waals surface area (Å²) in [5.74, 6) is 2.34. The average molecular weight is 979 g/mol. The molecule has 0 radical (unpaired) electrons. The standard InChI is InChI=1S/C71H54N4O/c1-70(2,3)52-42-60(48-22-7-4-8-23-48)69(61(43-52)49-24-9-5-10-25-49)74-47-73(65-36-19-20-37-66(65)74)53-28-21-29-54(45-53)76-55-38-39-59-58-32-15-18-35-64(58)75(67(59)46-55)68-44-51(40-41-72-68)71(50-26-11-6-12-27-50)62-33-16-13-30-56(62)57-31-14-17-34-63(57)71/h4-46H,47H2,1-3H3. The van der Waals surface area contributed by atoms with Crippen LogP contribution in [0.5, 0.6) is 11.5 Å². The fourth-order valence-electron chi connectivity index (χ4n) is 12.3. The maximum absolute atomic E-state index is 6.95. The van der Waals surface area contributed by atoms with Crippen LogP contribution in [0.3, 0.4) is 0 Å². The first-order valence-corrected chi connectivity index (χ1v) is 26.3. The van der Waals surface area contributed by atoms with Gasteiger partial charge < -0.3 is 14.5 Å². The highest BCUT2D eigenvalue weighted by Crippen LogP contribution is 2.57. The highest BCUT2D eigenvalue weighted by Gasteiger charge is 2.46. The first-order valence-electron chi connectivity index (χ1n) is 26.3. The van der Waals surface area contributed by atoms with Gasteiger partial charge in [0.05, 0.1) is 33.5 Å². The Hall–Kier alpha value is -9.45.